The Morgan fingerprint density at radius 1 is 0.816 bits per heavy atom. The average molecular weight is 511 g/mol. The quantitative estimate of drug-likeness (QED) is 0.269. The van der Waals surface area contributed by atoms with Gasteiger partial charge in [0.05, 0.1) is 14.2 Å². The lowest BCUT2D eigenvalue weighted by molar-refractivity contribution is -0.126. The fourth-order valence-corrected chi connectivity index (χ4v) is 4.87. The number of fused-ring (bicyclic) bond motifs is 1. The lowest BCUT2D eigenvalue weighted by Gasteiger charge is -2.26. The predicted octanol–water partition coefficient (Wildman–Crippen LogP) is 6.77. The van der Waals surface area contributed by atoms with E-state index >= 15 is 0 Å². The van der Waals surface area contributed by atoms with E-state index in [2.05, 4.69) is 23.6 Å². The maximum Gasteiger partial charge on any atom is 0.234 e. The van der Waals surface area contributed by atoms with Gasteiger partial charge < -0.3 is 14.2 Å². The molecule has 196 valence electrons. The first-order valence-corrected chi connectivity index (χ1v) is 13.2. The smallest absolute Gasteiger partial charge is 0.234 e. The predicted molar refractivity (Wildman–Crippen MR) is 151 cm³/mol. The fourth-order valence-electron chi connectivity index (χ4n) is 4.87. The second-order valence-electron chi connectivity index (χ2n) is 9.59. The Morgan fingerprint density at radius 2 is 1.55 bits per heavy atom. The van der Waals surface area contributed by atoms with Crippen LogP contribution in [0.5, 0.6) is 23.0 Å². The van der Waals surface area contributed by atoms with Crippen molar-refractivity contribution in [2.45, 2.75) is 32.1 Å². The molecule has 0 unspecified atom stereocenters. The lowest BCUT2D eigenvalue weighted by atomic mass is 9.99. The number of piperidine rings is 1. The molecule has 38 heavy (non-hydrogen) atoms. The monoisotopic (exact) mass is 510 g/mol. The summed E-state index contributed by atoms with van der Waals surface area (Å²) in [6, 6.07) is 26.1. The Morgan fingerprint density at radius 3 is 2.32 bits per heavy atom. The molecule has 4 aromatic rings. The summed E-state index contributed by atoms with van der Waals surface area (Å²) in [5.41, 5.74) is 6.12. The Bertz CT molecular complexity index is 1390. The van der Waals surface area contributed by atoms with Crippen LogP contribution in [0.2, 0.25) is 0 Å². The Balaban J connectivity index is 1.36. The third-order valence-corrected chi connectivity index (χ3v) is 6.98. The molecular formula is C32H34N2O4. The molecule has 0 bridgehead atoms. The highest BCUT2D eigenvalue weighted by Gasteiger charge is 2.15. The molecule has 0 spiro atoms. The SMILES string of the molecule is COc1cccc(-c2ccc3cc(OC)ccc3c2Oc2ccc(CCC(=O)NN3CCCCC3)cc2)c1. The van der Waals surface area contributed by atoms with Gasteiger partial charge >= 0.3 is 0 Å². The third kappa shape index (κ3) is 6.09. The molecule has 1 heterocycles. The molecule has 0 aromatic heterocycles. The lowest BCUT2D eigenvalue weighted by Crippen LogP contribution is -2.45. The normalized spacial score (nSPS) is 13.7. The van der Waals surface area contributed by atoms with E-state index < -0.39 is 0 Å². The third-order valence-electron chi connectivity index (χ3n) is 6.98. The van der Waals surface area contributed by atoms with Crippen LogP contribution in [0.4, 0.5) is 0 Å². The van der Waals surface area contributed by atoms with Crippen LogP contribution in [-0.4, -0.2) is 38.2 Å². The molecule has 4 aromatic carbocycles. The molecule has 6 heteroatoms. The molecule has 0 atom stereocenters. The van der Waals surface area contributed by atoms with E-state index in [0.29, 0.717) is 12.8 Å². The molecule has 1 N–H and O–H groups in total. The van der Waals surface area contributed by atoms with Crippen molar-refractivity contribution < 1.29 is 19.0 Å². The summed E-state index contributed by atoms with van der Waals surface area (Å²) in [6.45, 7) is 1.88. The van der Waals surface area contributed by atoms with Crippen LogP contribution in [0.1, 0.15) is 31.2 Å². The van der Waals surface area contributed by atoms with Gasteiger partial charge in [-0.15, -0.1) is 0 Å². The molecule has 1 saturated heterocycles. The summed E-state index contributed by atoms with van der Waals surface area (Å²) >= 11 is 0. The highest BCUT2D eigenvalue weighted by Crippen LogP contribution is 2.41. The van der Waals surface area contributed by atoms with Crippen molar-refractivity contribution in [1.82, 2.24) is 10.4 Å². The molecule has 1 aliphatic rings. The minimum Gasteiger partial charge on any atom is -0.497 e. The zero-order valence-electron chi connectivity index (χ0n) is 22.0. The number of nitrogens with zero attached hydrogens (tertiary/aromatic N) is 1. The second kappa shape index (κ2) is 12.0. The topological polar surface area (TPSA) is 60.0 Å². The van der Waals surface area contributed by atoms with Crippen molar-refractivity contribution in [2.24, 2.45) is 0 Å². The van der Waals surface area contributed by atoms with Gasteiger partial charge in [-0.2, -0.15) is 0 Å². The molecule has 1 amide bonds. The van der Waals surface area contributed by atoms with Crippen LogP contribution in [0.25, 0.3) is 21.9 Å². The minimum absolute atomic E-state index is 0.0707. The number of ether oxygens (including phenoxy) is 3. The van der Waals surface area contributed by atoms with Crippen LogP contribution >= 0.6 is 0 Å². The highest BCUT2D eigenvalue weighted by molar-refractivity contribution is 5.96. The first-order chi connectivity index (χ1) is 18.6. The summed E-state index contributed by atoms with van der Waals surface area (Å²) in [7, 11) is 3.34. The van der Waals surface area contributed by atoms with Crippen molar-refractivity contribution in [1.29, 1.82) is 0 Å². The number of methoxy groups -OCH3 is 2. The van der Waals surface area contributed by atoms with E-state index in [1.165, 1.54) is 6.42 Å². The van der Waals surface area contributed by atoms with Crippen LogP contribution < -0.4 is 19.6 Å². The number of nitrogens with one attached hydrogen (secondary N) is 1. The average Bonchev–Trinajstić information content (AvgIpc) is 2.97. The first-order valence-electron chi connectivity index (χ1n) is 13.2. The van der Waals surface area contributed by atoms with E-state index in [1.807, 2.05) is 65.7 Å². The Labute approximate surface area is 224 Å². The van der Waals surface area contributed by atoms with Gasteiger partial charge in [-0.1, -0.05) is 36.8 Å². The number of rotatable bonds is 9. The summed E-state index contributed by atoms with van der Waals surface area (Å²) in [5, 5.41) is 4.06. The van der Waals surface area contributed by atoms with E-state index in [1.54, 1.807) is 14.2 Å². The molecule has 0 saturated carbocycles. The van der Waals surface area contributed by atoms with Gasteiger partial charge in [0.2, 0.25) is 5.91 Å². The maximum atomic E-state index is 12.4. The van der Waals surface area contributed by atoms with Crippen molar-refractivity contribution in [3.8, 4) is 34.1 Å². The van der Waals surface area contributed by atoms with Gasteiger partial charge in [0, 0.05) is 30.5 Å². The largest absolute Gasteiger partial charge is 0.497 e. The van der Waals surface area contributed by atoms with E-state index in [4.69, 9.17) is 14.2 Å². The molecule has 5 rings (SSSR count). The Kier molecular flexibility index (Phi) is 8.09. The fraction of sp³-hybridized carbons (Fsp3) is 0.281. The van der Waals surface area contributed by atoms with Crippen molar-refractivity contribution in [2.75, 3.05) is 27.3 Å². The number of carbonyl (C=O) groups excluding carboxylic acids is 1. The number of hydrogen-bond donors (Lipinski definition) is 1. The zero-order valence-corrected chi connectivity index (χ0v) is 22.0. The molecule has 1 aliphatic heterocycles. The van der Waals surface area contributed by atoms with Crippen LogP contribution in [-0.2, 0) is 11.2 Å². The molecule has 0 radical (unpaired) electrons. The summed E-state index contributed by atoms with van der Waals surface area (Å²) < 4.78 is 17.4. The maximum absolute atomic E-state index is 12.4. The summed E-state index contributed by atoms with van der Waals surface area (Å²) in [5.74, 6) is 3.16. The Hall–Kier alpha value is -4.03. The first kappa shape index (κ1) is 25.6. The number of hydrogen-bond acceptors (Lipinski definition) is 5. The van der Waals surface area contributed by atoms with Crippen molar-refractivity contribution in [3.05, 3.63) is 84.4 Å². The molecule has 6 nitrogen and oxygen atoms in total. The van der Waals surface area contributed by atoms with E-state index in [9.17, 15) is 4.79 Å². The van der Waals surface area contributed by atoms with Crippen LogP contribution in [0.15, 0.2) is 78.9 Å². The molecule has 0 aliphatic carbocycles. The summed E-state index contributed by atoms with van der Waals surface area (Å²) in [6.07, 6.45) is 4.68. The standard InChI is InChI=1S/C32H34N2O4/c1-36-27-8-6-7-24(21-27)29-16-12-25-22-28(37-2)15-17-30(25)32(29)38-26-13-9-23(10-14-26)11-18-31(35)33-34-19-4-3-5-20-34/h6-10,12-17,21-22H,3-5,11,18-20H2,1-2H3,(H,33,35). The number of carbonyl (C=O) groups is 1. The van der Waals surface area contributed by atoms with Gasteiger partial charge in [0.25, 0.3) is 0 Å². The highest BCUT2D eigenvalue weighted by atomic mass is 16.5. The van der Waals surface area contributed by atoms with Gasteiger partial charge in [0.1, 0.15) is 23.0 Å². The number of amides is 1. The van der Waals surface area contributed by atoms with E-state index in [0.717, 1.165) is 76.4 Å². The van der Waals surface area contributed by atoms with Gasteiger partial charge in [-0.25, -0.2) is 5.01 Å². The number of benzene rings is 4. The van der Waals surface area contributed by atoms with Crippen molar-refractivity contribution in [3.63, 3.8) is 0 Å². The van der Waals surface area contributed by atoms with Gasteiger partial charge in [-0.05, 0) is 84.3 Å². The van der Waals surface area contributed by atoms with Crippen molar-refractivity contribution >= 4 is 16.7 Å². The minimum atomic E-state index is 0.0707. The van der Waals surface area contributed by atoms with Gasteiger partial charge in [-0.3, -0.25) is 10.2 Å². The van der Waals surface area contributed by atoms with Gasteiger partial charge in [0.15, 0.2) is 0 Å². The van der Waals surface area contributed by atoms with Crippen LogP contribution in [0, 0.1) is 0 Å². The van der Waals surface area contributed by atoms with Crippen LogP contribution in [0.3, 0.4) is 0 Å². The van der Waals surface area contributed by atoms with E-state index in [-0.39, 0.29) is 5.91 Å². The molecule has 1 fully saturated rings. The number of hydrazine groups is 1. The summed E-state index contributed by atoms with van der Waals surface area (Å²) in [4.78, 5) is 12.4. The molecular weight excluding hydrogens is 476 g/mol. The second-order valence-corrected chi connectivity index (χ2v) is 9.59. The zero-order chi connectivity index (χ0) is 26.3. The number of aryl methyl sites for hydroxylation is 1.